The van der Waals surface area contributed by atoms with Gasteiger partial charge in [0.05, 0.1) is 24.3 Å². The highest BCUT2D eigenvalue weighted by atomic mass is 16.5. The molecule has 0 saturated carbocycles. The zero-order chi connectivity index (χ0) is 28.3. The molecule has 1 N–H and O–H groups in total. The standard InChI is InChI=1S/C32H36N2O5/c1-20(2)19-38-26-15-9-23(10-16-26)30(35)28-29(22-7-11-24(12-8-22)33(5)6)34(32(37)31(28)36)25-13-17-27(18-14-25)39-21(3)4/h7-18,20-21,29,35H,19H2,1-6H3/b30-28-. The Bertz CT molecular complexity index is 1340. The van der Waals surface area contributed by atoms with Crippen molar-refractivity contribution >= 4 is 28.8 Å². The molecule has 3 aromatic rings. The summed E-state index contributed by atoms with van der Waals surface area (Å²) in [5, 5.41) is 11.4. The third kappa shape index (κ3) is 6.08. The van der Waals surface area contributed by atoms with E-state index in [1.165, 1.54) is 4.90 Å². The fraction of sp³-hybridized carbons (Fsp3) is 0.312. The van der Waals surface area contributed by atoms with Gasteiger partial charge in [-0.05, 0) is 86.0 Å². The van der Waals surface area contributed by atoms with Crippen molar-refractivity contribution in [2.24, 2.45) is 5.92 Å². The summed E-state index contributed by atoms with van der Waals surface area (Å²) in [5.74, 6) is 0.0355. The van der Waals surface area contributed by atoms with E-state index in [1.807, 2.05) is 57.1 Å². The number of aliphatic hydroxyl groups excluding tert-OH is 1. The maximum Gasteiger partial charge on any atom is 0.300 e. The van der Waals surface area contributed by atoms with Crippen molar-refractivity contribution in [3.8, 4) is 11.5 Å². The number of nitrogens with zero attached hydrogens (tertiary/aromatic N) is 2. The first-order chi connectivity index (χ1) is 18.6. The van der Waals surface area contributed by atoms with Crippen LogP contribution in [-0.2, 0) is 9.59 Å². The Kier molecular flexibility index (Phi) is 8.29. The molecule has 0 bridgehead atoms. The van der Waals surface area contributed by atoms with E-state index in [0.29, 0.717) is 40.8 Å². The van der Waals surface area contributed by atoms with Crippen LogP contribution >= 0.6 is 0 Å². The first kappa shape index (κ1) is 27.8. The monoisotopic (exact) mass is 528 g/mol. The largest absolute Gasteiger partial charge is 0.507 e. The fourth-order valence-electron chi connectivity index (χ4n) is 4.45. The lowest BCUT2D eigenvalue weighted by atomic mass is 9.95. The van der Waals surface area contributed by atoms with Crippen molar-refractivity contribution in [1.29, 1.82) is 0 Å². The fourth-order valence-corrected chi connectivity index (χ4v) is 4.45. The molecule has 4 rings (SSSR count). The van der Waals surface area contributed by atoms with Gasteiger partial charge in [0, 0.05) is 31.0 Å². The molecule has 1 aliphatic heterocycles. The molecule has 1 saturated heterocycles. The summed E-state index contributed by atoms with van der Waals surface area (Å²) in [7, 11) is 3.88. The molecule has 0 spiro atoms. The molecular weight excluding hydrogens is 492 g/mol. The van der Waals surface area contributed by atoms with Gasteiger partial charge in [0.25, 0.3) is 11.7 Å². The van der Waals surface area contributed by atoms with Crippen LogP contribution in [0.3, 0.4) is 0 Å². The van der Waals surface area contributed by atoms with Gasteiger partial charge in [-0.3, -0.25) is 14.5 Å². The zero-order valence-electron chi connectivity index (χ0n) is 23.3. The highest BCUT2D eigenvalue weighted by molar-refractivity contribution is 6.51. The van der Waals surface area contributed by atoms with Gasteiger partial charge in [-0.25, -0.2) is 0 Å². The topological polar surface area (TPSA) is 79.3 Å². The number of rotatable bonds is 9. The summed E-state index contributed by atoms with van der Waals surface area (Å²) >= 11 is 0. The lowest BCUT2D eigenvalue weighted by Crippen LogP contribution is -2.29. The van der Waals surface area contributed by atoms with E-state index in [1.54, 1.807) is 48.5 Å². The van der Waals surface area contributed by atoms with E-state index < -0.39 is 17.7 Å². The molecule has 1 unspecified atom stereocenters. The molecule has 1 amide bonds. The Morgan fingerprint density at radius 2 is 1.46 bits per heavy atom. The van der Waals surface area contributed by atoms with Gasteiger partial charge in [-0.1, -0.05) is 26.0 Å². The number of hydrogen-bond acceptors (Lipinski definition) is 6. The van der Waals surface area contributed by atoms with Crippen LogP contribution in [0.25, 0.3) is 5.76 Å². The molecule has 7 nitrogen and oxygen atoms in total. The van der Waals surface area contributed by atoms with Gasteiger partial charge >= 0.3 is 0 Å². The van der Waals surface area contributed by atoms with E-state index in [0.717, 1.165) is 5.69 Å². The quantitative estimate of drug-likeness (QED) is 0.202. The highest BCUT2D eigenvalue weighted by Gasteiger charge is 2.47. The van der Waals surface area contributed by atoms with E-state index in [2.05, 4.69) is 13.8 Å². The minimum atomic E-state index is -0.810. The zero-order valence-corrected chi connectivity index (χ0v) is 23.3. The minimum Gasteiger partial charge on any atom is -0.507 e. The van der Waals surface area contributed by atoms with Crippen molar-refractivity contribution in [2.45, 2.75) is 39.8 Å². The third-order valence-corrected chi connectivity index (χ3v) is 6.37. The molecule has 1 aliphatic rings. The lowest BCUT2D eigenvalue weighted by Gasteiger charge is -2.26. The summed E-state index contributed by atoms with van der Waals surface area (Å²) in [6, 6.07) is 20.8. The van der Waals surface area contributed by atoms with Crippen LogP contribution in [0.2, 0.25) is 0 Å². The van der Waals surface area contributed by atoms with E-state index >= 15 is 0 Å². The number of benzene rings is 3. The van der Waals surface area contributed by atoms with Crippen molar-refractivity contribution in [2.75, 3.05) is 30.5 Å². The lowest BCUT2D eigenvalue weighted by molar-refractivity contribution is -0.132. The smallest absolute Gasteiger partial charge is 0.300 e. The Labute approximate surface area is 230 Å². The maximum atomic E-state index is 13.5. The number of carbonyl (C=O) groups excluding carboxylic acids is 2. The maximum absolute atomic E-state index is 13.5. The second kappa shape index (κ2) is 11.6. The first-order valence-corrected chi connectivity index (χ1v) is 13.1. The van der Waals surface area contributed by atoms with E-state index in [4.69, 9.17) is 9.47 Å². The summed E-state index contributed by atoms with van der Waals surface area (Å²) in [5.41, 5.74) is 2.69. The predicted octanol–water partition coefficient (Wildman–Crippen LogP) is 6.20. The summed E-state index contributed by atoms with van der Waals surface area (Å²) < 4.78 is 11.5. The Balaban J connectivity index is 1.79. The van der Waals surface area contributed by atoms with Crippen molar-refractivity contribution in [1.82, 2.24) is 0 Å². The van der Waals surface area contributed by atoms with Gasteiger partial charge in [0.1, 0.15) is 17.3 Å². The second-order valence-electron chi connectivity index (χ2n) is 10.5. The van der Waals surface area contributed by atoms with Gasteiger partial charge in [-0.2, -0.15) is 0 Å². The number of anilines is 2. The predicted molar refractivity (Wildman–Crippen MR) is 155 cm³/mol. The molecule has 204 valence electrons. The number of hydrogen-bond donors (Lipinski definition) is 1. The van der Waals surface area contributed by atoms with Gasteiger partial charge in [-0.15, -0.1) is 0 Å². The van der Waals surface area contributed by atoms with E-state index in [9.17, 15) is 14.7 Å². The summed E-state index contributed by atoms with van der Waals surface area (Å²) in [4.78, 5) is 30.3. The number of aliphatic hydroxyl groups is 1. The van der Waals surface area contributed by atoms with Gasteiger partial charge in [0.15, 0.2) is 0 Å². The minimum absolute atomic E-state index is 0.00227. The molecule has 0 aliphatic carbocycles. The molecular formula is C32H36N2O5. The molecule has 1 atom stereocenters. The Morgan fingerprint density at radius 1 is 0.872 bits per heavy atom. The average Bonchev–Trinajstić information content (AvgIpc) is 3.17. The van der Waals surface area contributed by atoms with Crippen LogP contribution in [0.4, 0.5) is 11.4 Å². The summed E-state index contributed by atoms with van der Waals surface area (Å²) in [6.45, 7) is 8.57. The molecule has 0 aromatic heterocycles. The Morgan fingerprint density at radius 3 is 2.00 bits per heavy atom. The number of carbonyl (C=O) groups is 2. The van der Waals surface area contributed by atoms with Crippen LogP contribution in [0.15, 0.2) is 78.4 Å². The number of ether oxygens (including phenoxy) is 2. The molecule has 7 heteroatoms. The van der Waals surface area contributed by atoms with Crippen LogP contribution in [0.5, 0.6) is 11.5 Å². The van der Waals surface area contributed by atoms with Crippen molar-refractivity contribution in [3.63, 3.8) is 0 Å². The average molecular weight is 529 g/mol. The molecule has 39 heavy (non-hydrogen) atoms. The summed E-state index contributed by atoms with van der Waals surface area (Å²) in [6.07, 6.45) is 0.00227. The first-order valence-electron chi connectivity index (χ1n) is 13.1. The third-order valence-electron chi connectivity index (χ3n) is 6.37. The molecule has 0 radical (unpaired) electrons. The SMILES string of the molecule is CC(C)COc1ccc(/C(O)=C2/C(=O)C(=O)N(c3ccc(OC(C)C)cc3)C2c2ccc(N(C)C)cc2)cc1. The highest BCUT2D eigenvalue weighted by Crippen LogP contribution is 2.43. The second-order valence-corrected chi connectivity index (χ2v) is 10.5. The molecule has 1 heterocycles. The Hall–Kier alpha value is -4.26. The van der Waals surface area contributed by atoms with Gasteiger partial charge in [0.2, 0.25) is 0 Å². The van der Waals surface area contributed by atoms with Gasteiger partial charge < -0.3 is 19.5 Å². The van der Waals surface area contributed by atoms with Crippen LogP contribution in [0, 0.1) is 5.92 Å². The van der Waals surface area contributed by atoms with E-state index in [-0.39, 0.29) is 17.4 Å². The number of ketones is 1. The van der Waals surface area contributed by atoms with Crippen molar-refractivity contribution < 1.29 is 24.2 Å². The number of amides is 1. The normalized spacial score (nSPS) is 16.7. The van der Waals surface area contributed by atoms with Crippen LogP contribution in [0.1, 0.15) is 44.9 Å². The number of Topliss-reactive ketones (excluding diaryl/α,β-unsaturated/α-hetero) is 1. The van der Waals surface area contributed by atoms with Crippen LogP contribution in [-0.4, -0.2) is 43.6 Å². The molecule has 1 fully saturated rings. The van der Waals surface area contributed by atoms with Crippen molar-refractivity contribution in [3.05, 3.63) is 89.5 Å². The molecule has 3 aromatic carbocycles. The van der Waals surface area contributed by atoms with Crippen LogP contribution < -0.4 is 19.3 Å².